The lowest BCUT2D eigenvalue weighted by Gasteiger charge is -2.27. The minimum absolute atomic E-state index is 0.327. The zero-order chi connectivity index (χ0) is 13.8. The number of ether oxygens (including phenoxy) is 1. The lowest BCUT2D eigenvalue weighted by atomic mass is 10.1. The third-order valence-corrected chi connectivity index (χ3v) is 3.96. The van der Waals surface area contributed by atoms with E-state index in [0.717, 1.165) is 43.7 Å². The maximum Gasteiger partial charge on any atom is 0.225 e. The average Bonchev–Trinajstić information content (AvgIpc) is 3.31. The van der Waals surface area contributed by atoms with Crippen molar-refractivity contribution in [2.45, 2.75) is 50.8 Å². The van der Waals surface area contributed by atoms with Gasteiger partial charge in [0.25, 0.3) is 0 Å². The molecule has 1 aliphatic heterocycles. The van der Waals surface area contributed by atoms with Gasteiger partial charge in [-0.2, -0.15) is 0 Å². The molecule has 1 aromatic rings. The molecule has 1 saturated heterocycles. The summed E-state index contributed by atoms with van der Waals surface area (Å²) in [7, 11) is 2.04. The van der Waals surface area contributed by atoms with E-state index >= 15 is 0 Å². The van der Waals surface area contributed by atoms with Crippen molar-refractivity contribution in [1.29, 1.82) is 0 Å². The Balaban J connectivity index is 1.49. The number of anilines is 1. The number of nitrogens with one attached hydrogen (secondary N) is 1. The topological polar surface area (TPSA) is 50.3 Å². The highest BCUT2D eigenvalue weighted by atomic mass is 16.5. The van der Waals surface area contributed by atoms with E-state index < -0.39 is 0 Å². The molecule has 0 aromatic carbocycles. The summed E-state index contributed by atoms with van der Waals surface area (Å²) in [5.74, 6) is 0.786. The molecule has 1 saturated carbocycles. The highest BCUT2D eigenvalue weighted by Crippen LogP contribution is 2.19. The van der Waals surface area contributed by atoms with Crippen LogP contribution in [0.4, 0.5) is 5.95 Å². The fourth-order valence-electron chi connectivity index (χ4n) is 2.52. The molecule has 0 radical (unpaired) electrons. The summed E-state index contributed by atoms with van der Waals surface area (Å²) in [5.41, 5.74) is 1.16. The smallest absolute Gasteiger partial charge is 0.225 e. The van der Waals surface area contributed by atoms with Crippen molar-refractivity contribution >= 4 is 5.95 Å². The molecule has 110 valence electrons. The van der Waals surface area contributed by atoms with E-state index in [4.69, 9.17) is 4.74 Å². The molecular weight excluding hydrogens is 252 g/mol. The minimum atomic E-state index is 0.327. The summed E-state index contributed by atoms with van der Waals surface area (Å²) >= 11 is 0. The zero-order valence-corrected chi connectivity index (χ0v) is 12.2. The Bertz CT molecular complexity index is 412. The maximum absolute atomic E-state index is 5.76. The predicted molar refractivity (Wildman–Crippen MR) is 78.8 cm³/mol. The summed E-state index contributed by atoms with van der Waals surface area (Å²) in [6.45, 7) is 2.64. The summed E-state index contributed by atoms with van der Waals surface area (Å²) in [5, 5.41) is 3.47. The number of hydrogen-bond donors (Lipinski definition) is 1. The second-order valence-corrected chi connectivity index (χ2v) is 5.92. The molecule has 3 rings (SSSR count). The summed E-state index contributed by atoms with van der Waals surface area (Å²) in [6.07, 6.45) is 10.4. The Morgan fingerprint density at radius 1 is 1.25 bits per heavy atom. The molecule has 5 heteroatoms. The number of likely N-dealkylation sites (N-methyl/N-ethyl adjacent to an activating group) is 1. The monoisotopic (exact) mass is 276 g/mol. The molecule has 0 amide bonds. The molecule has 1 N–H and O–H groups in total. The van der Waals surface area contributed by atoms with Gasteiger partial charge in [0.05, 0.1) is 6.10 Å². The standard InChI is InChI=1S/C15H24N4O/c1-19(11-14-4-2-3-7-20-14)15-17-9-12(10-18-15)8-16-13-5-6-13/h9-10,13-14,16H,2-8,11H2,1H3. The minimum Gasteiger partial charge on any atom is -0.376 e. The van der Waals surface area contributed by atoms with Crippen LogP contribution < -0.4 is 10.2 Å². The quantitative estimate of drug-likeness (QED) is 0.857. The Kier molecular flexibility index (Phi) is 4.47. The van der Waals surface area contributed by atoms with Crippen molar-refractivity contribution in [3.63, 3.8) is 0 Å². The van der Waals surface area contributed by atoms with Crippen molar-refractivity contribution in [2.24, 2.45) is 0 Å². The first kappa shape index (κ1) is 13.8. The average molecular weight is 276 g/mol. The highest BCUT2D eigenvalue weighted by Gasteiger charge is 2.20. The van der Waals surface area contributed by atoms with Crippen LogP contribution in [0.3, 0.4) is 0 Å². The largest absolute Gasteiger partial charge is 0.376 e. The zero-order valence-electron chi connectivity index (χ0n) is 12.2. The lowest BCUT2D eigenvalue weighted by molar-refractivity contribution is 0.0214. The SMILES string of the molecule is CN(CC1CCCCO1)c1ncc(CNC2CC2)cn1. The molecule has 2 fully saturated rings. The third kappa shape index (κ3) is 3.90. The summed E-state index contributed by atoms with van der Waals surface area (Å²) in [4.78, 5) is 11.0. The second kappa shape index (κ2) is 6.50. The first-order valence-corrected chi connectivity index (χ1v) is 7.68. The fourth-order valence-corrected chi connectivity index (χ4v) is 2.52. The van der Waals surface area contributed by atoms with Crippen LogP contribution in [0.25, 0.3) is 0 Å². The first-order chi connectivity index (χ1) is 9.81. The molecule has 1 atom stereocenters. The van der Waals surface area contributed by atoms with Crippen molar-refractivity contribution in [3.05, 3.63) is 18.0 Å². The van der Waals surface area contributed by atoms with Gasteiger partial charge in [0.15, 0.2) is 0 Å². The van der Waals surface area contributed by atoms with Gasteiger partial charge in [-0.1, -0.05) is 0 Å². The third-order valence-electron chi connectivity index (χ3n) is 3.96. The van der Waals surface area contributed by atoms with Crippen LogP contribution in [0.15, 0.2) is 12.4 Å². The Hall–Kier alpha value is -1.20. The molecular formula is C15H24N4O. The first-order valence-electron chi connectivity index (χ1n) is 7.68. The van der Waals surface area contributed by atoms with E-state index in [2.05, 4.69) is 20.2 Å². The Morgan fingerprint density at radius 2 is 2.05 bits per heavy atom. The number of rotatable bonds is 6. The predicted octanol–water partition coefficient (Wildman–Crippen LogP) is 1.73. The van der Waals surface area contributed by atoms with Gasteiger partial charge >= 0.3 is 0 Å². The molecule has 1 aromatic heterocycles. The highest BCUT2D eigenvalue weighted by molar-refractivity contribution is 5.28. The van der Waals surface area contributed by atoms with Gasteiger partial charge in [0.2, 0.25) is 5.95 Å². The van der Waals surface area contributed by atoms with Gasteiger partial charge in [0, 0.05) is 50.7 Å². The van der Waals surface area contributed by atoms with Crippen LogP contribution in [0.5, 0.6) is 0 Å². The van der Waals surface area contributed by atoms with Crippen LogP contribution in [-0.2, 0) is 11.3 Å². The fraction of sp³-hybridized carbons (Fsp3) is 0.733. The molecule has 1 aliphatic carbocycles. The maximum atomic E-state index is 5.76. The van der Waals surface area contributed by atoms with Gasteiger partial charge in [0.1, 0.15) is 0 Å². The van der Waals surface area contributed by atoms with E-state index in [1.54, 1.807) is 0 Å². The number of hydrogen-bond acceptors (Lipinski definition) is 5. The molecule has 5 nitrogen and oxygen atoms in total. The number of aromatic nitrogens is 2. The van der Waals surface area contributed by atoms with Crippen molar-refractivity contribution in [2.75, 3.05) is 25.1 Å². The van der Waals surface area contributed by atoms with Crippen molar-refractivity contribution in [1.82, 2.24) is 15.3 Å². The van der Waals surface area contributed by atoms with E-state index in [1.165, 1.54) is 25.7 Å². The molecule has 0 bridgehead atoms. The van der Waals surface area contributed by atoms with E-state index in [-0.39, 0.29) is 0 Å². The normalized spacial score (nSPS) is 22.8. The molecule has 0 spiro atoms. The van der Waals surface area contributed by atoms with Crippen LogP contribution in [0, 0.1) is 0 Å². The van der Waals surface area contributed by atoms with Crippen molar-refractivity contribution in [3.8, 4) is 0 Å². The molecule has 2 heterocycles. The number of nitrogens with zero attached hydrogens (tertiary/aromatic N) is 3. The molecule has 1 unspecified atom stereocenters. The van der Waals surface area contributed by atoms with E-state index in [0.29, 0.717) is 6.10 Å². The second-order valence-electron chi connectivity index (χ2n) is 5.92. The Labute approximate surface area is 120 Å². The summed E-state index contributed by atoms with van der Waals surface area (Å²) < 4.78 is 5.76. The van der Waals surface area contributed by atoms with Gasteiger partial charge in [-0.05, 0) is 32.1 Å². The van der Waals surface area contributed by atoms with Crippen molar-refractivity contribution < 1.29 is 4.74 Å². The lowest BCUT2D eigenvalue weighted by Crippen LogP contribution is -2.34. The van der Waals surface area contributed by atoms with Crippen LogP contribution in [0.1, 0.15) is 37.7 Å². The molecule has 2 aliphatic rings. The van der Waals surface area contributed by atoms with Gasteiger partial charge in [-0.25, -0.2) is 9.97 Å². The molecule has 20 heavy (non-hydrogen) atoms. The van der Waals surface area contributed by atoms with E-state index in [9.17, 15) is 0 Å². The summed E-state index contributed by atoms with van der Waals surface area (Å²) in [6, 6.07) is 0.723. The van der Waals surface area contributed by atoms with Crippen LogP contribution in [0.2, 0.25) is 0 Å². The Morgan fingerprint density at radius 3 is 2.70 bits per heavy atom. The van der Waals surface area contributed by atoms with Crippen LogP contribution >= 0.6 is 0 Å². The van der Waals surface area contributed by atoms with Gasteiger partial charge in [-0.15, -0.1) is 0 Å². The van der Waals surface area contributed by atoms with Gasteiger partial charge in [-0.3, -0.25) is 0 Å². The van der Waals surface area contributed by atoms with Crippen LogP contribution in [-0.4, -0.2) is 42.3 Å². The van der Waals surface area contributed by atoms with Gasteiger partial charge < -0.3 is 15.0 Å². The van der Waals surface area contributed by atoms with E-state index in [1.807, 2.05) is 19.4 Å².